The zero-order valence-corrected chi connectivity index (χ0v) is 11.9. The number of rotatable bonds is 5. The van der Waals surface area contributed by atoms with Gasteiger partial charge in [-0.05, 0) is 37.3 Å². The van der Waals surface area contributed by atoms with Gasteiger partial charge in [0.25, 0.3) is 0 Å². The third-order valence-electron chi connectivity index (χ3n) is 4.23. The van der Waals surface area contributed by atoms with E-state index < -0.39 is 0 Å². The number of nitrogens with zero attached hydrogens (tertiary/aromatic N) is 3. The molecule has 0 radical (unpaired) electrons. The highest BCUT2D eigenvalue weighted by molar-refractivity contribution is 5.31. The number of furan rings is 1. The van der Waals surface area contributed by atoms with E-state index in [4.69, 9.17) is 8.83 Å². The van der Waals surface area contributed by atoms with Crippen molar-refractivity contribution in [3.63, 3.8) is 0 Å². The molecule has 5 heteroatoms. The molecule has 0 aromatic carbocycles. The molecule has 0 unspecified atom stereocenters. The average Bonchev–Trinajstić information content (AvgIpc) is 3.30. The molecular formula is C15H19N3O2. The molecule has 0 aliphatic heterocycles. The molecule has 0 N–H and O–H groups in total. The Labute approximate surface area is 118 Å². The van der Waals surface area contributed by atoms with Crippen molar-refractivity contribution in [3.8, 4) is 0 Å². The topological polar surface area (TPSA) is 55.3 Å². The number of anilines is 1. The summed E-state index contributed by atoms with van der Waals surface area (Å²) in [5.74, 6) is 4.13. The summed E-state index contributed by atoms with van der Waals surface area (Å²) in [6.07, 6.45) is 3.63. The van der Waals surface area contributed by atoms with Crippen molar-refractivity contribution in [1.29, 1.82) is 0 Å². The molecule has 2 saturated carbocycles. The van der Waals surface area contributed by atoms with E-state index in [0.29, 0.717) is 30.4 Å². The molecule has 2 aromatic rings. The monoisotopic (exact) mass is 273 g/mol. The van der Waals surface area contributed by atoms with Crippen molar-refractivity contribution >= 4 is 6.01 Å². The Balaban J connectivity index is 1.51. The maximum absolute atomic E-state index is 5.98. The van der Waals surface area contributed by atoms with Gasteiger partial charge in [0.1, 0.15) is 11.5 Å². The van der Waals surface area contributed by atoms with Crippen molar-refractivity contribution < 1.29 is 8.83 Å². The van der Waals surface area contributed by atoms with Gasteiger partial charge in [0, 0.05) is 18.9 Å². The van der Waals surface area contributed by atoms with Crippen molar-refractivity contribution in [3.05, 3.63) is 29.5 Å². The second kappa shape index (κ2) is 4.36. The van der Waals surface area contributed by atoms with Gasteiger partial charge in [-0.25, -0.2) is 0 Å². The molecule has 2 fully saturated rings. The lowest BCUT2D eigenvalue weighted by molar-refractivity contribution is 0.441. The van der Waals surface area contributed by atoms with Crippen LogP contribution in [-0.4, -0.2) is 16.2 Å². The van der Waals surface area contributed by atoms with Gasteiger partial charge in [0.05, 0.1) is 6.54 Å². The van der Waals surface area contributed by atoms with E-state index in [9.17, 15) is 0 Å². The summed E-state index contributed by atoms with van der Waals surface area (Å²) >= 11 is 0. The molecular weight excluding hydrogens is 254 g/mol. The van der Waals surface area contributed by atoms with E-state index in [1.807, 2.05) is 6.92 Å². The molecule has 2 aromatic heterocycles. The Hall–Kier alpha value is -1.78. The van der Waals surface area contributed by atoms with E-state index in [2.05, 4.69) is 34.2 Å². The molecule has 2 aliphatic rings. The second-order valence-corrected chi connectivity index (χ2v) is 6.09. The smallest absolute Gasteiger partial charge is 0.318 e. The first-order valence-corrected chi connectivity index (χ1v) is 7.36. The number of aryl methyl sites for hydroxylation is 1. The summed E-state index contributed by atoms with van der Waals surface area (Å²) in [5, 5.41) is 8.06. The van der Waals surface area contributed by atoms with Crippen LogP contribution in [-0.2, 0) is 6.54 Å². The van der Waals surface area contributed by atoms with Crippen LogP contribution < -0.4 is 4.90 Å². The average molecular weight is 273 g/mol. The van der Waals surface area contributed by atoms with Crippen molar-refractivity contribution in [2.24, 2.45) is 5.92 Å². The molecule has 106 valence electrons. The molecule has 4 rings (SSSR count). The summed E-state index contributed by atoms with van der Waals surface area (Å²) in [5.41, 5.74) is 0. The Bertz CT molecular complexity index is 614. The standard InChI is InChI=1S/C15H19N3O2/c1-9-7-13(9)14-6-5-12(20-14)8-18(11-3-4-11)15-17-16-10(2)19-15/h5-6,9,11,13H,3-4,7-8H2,1-2H3/t9-,13+/m1/s1. The van der Waals surface area contributed by atoms with Gasteiger partial charge >= 0.3 is 6.01 Å². The molecule has 2 heterocycles. The van der Waals surface area contributed by atoms with E-state index in [-0.39, 0.29) is 0 Å². The molecule has 0 saturated heterocycles. The highest BCUT2D eigenvalue weighted by atomic mass is 16.4. The first kappa shape index (κ1) is 12.0. The third-order valence-corrected chi connectivity index (χ3v) is 4.23. The Kier molecular flexibility index (Phi) is 2.62. The quantitative estimate of drug-likeness (QED) is 0.837. The lowest BCUT2D eigenvalue weighted by Crippen LogP contribution is -2.25. The van der Waals surface area contributed by atoms with Gasteiger partial charge in [0.15, 0.2) is 0 Å². The second-order valence-electron chi connectivity index (χ2n) is 6.09. The summed E-state index contributed by atoms with van der Waals surface area (Å²) < 4.78 is 11.5. The van der Waals surface area contributed by atoms with Crippen LogP contribution in [0.3, 0.4) is 0 Å². The SMILES string of the molecule is Cc1nnc(N(Cc2ccc([C@H]3C[C@H]3C)o2)C2CC2)o1. The van der Waals surface area contributed by atoms with Crippen molar-refractivity contribution in [2.75, 3.05) is 4.90 Å². The Morgan fingerprint density at radius 1 is 1.25 bits per heavy atom. The first-order chi connectivity index (χ1) is 9.70. The fourth-order valence-electron chi connectivity index (χ4n) is 2.71. The molecule has 0 spiro atoms. The van der Waals surface area contributed by atoms with Gasteiger partial charge in [-0.3, -0.25) is 0 Å². The van der Waals surface area contributed by atoms with E-state index >= 15 is 0 Å². The fourth-order valence-corrected chi connectivity index (χ4v) is 2.71. The Morgan fingerprint density at radius 3 is 2.65 bits per heavy atom. The molecule has 20 heavy (non-hydrogen) atoms. The van der Waals surface area contributed by atoms with Crippen LogP contribution >= 0.6 is 0 Å². The van der Waals surface area contributed by atoms with Gasteiger partial charge < -0.3 is 13.7 Å². The molecule has 2 atom stereocenters. The van der Waals surface area contributed by atoms with E-state index in [1.165, 1.54) is 19.3 Å². The summed E-state index contributed by atoms with van der Waals surface area (Å²) in [6.45, 7) is 4.80. The van der Waals surface area contributed by atoms with Crippen LogP contribution in [0, 0.1) is 12.8 Å². The third kappa shape index (κ3) is 2.21. The summed E-state index contributed by atoms with van der Waals surface area (Å²) in [4.78, 5) is 2.17. The fraction of sp³-hybridized carbons (Fsp3) is 0.600. The summed E-state index contributed by atoms with van der Waals surface area (Å²) in [6, 6.07) is 5.33. The number of hydrogen-bond acceptors (Lipinski definition) is 5. The van der Waals surface area contributed by atoms with Gasteiger partial charge in [-0.1, -0.05) is 12.0 Å². The minimum Gasteiger partial charge on any atom is -0.464 e. The van der Waals surface area contributed by atoms with E-state index in [0.717, 1.165) is 17.4 Å². The van der Waals surface area contributed by atoms with E-state index in [1.54, 1.807) is 0 Å². The number of hydrogen-bond donors (Lipinski definition) is 0. The van der Waals surface area contributed by atoms with Crippen LogP contribution in [0.2, 0.25) is 0 Å². The van der Waals surface area contributed by atoms with Crippen LogP contribution in [0.4, 0.5) is 6.01 Å². The van der Waals surface area contributed by atoms with Crippen LogP contribution in [0.25, 0.3) is 0 Å². The highest BCUT2D eigenvalue weighted by Crippen LogP contribution is 2.47. The van der Waals surface area contributed by atoms with Gasteiger partial charge in [0.2, 0.25) is 5.89 Å². The largest absolute Gasteiger partial charge is 0.464 e. The highest BCUT2D eigenvalue weighted by Gasteiger charge is 2.37. The first-order valence-electron chi connectivity index (χ1n) is 7.36. The normalized spacial score (nSPS) is 24.9. The lowest BCUT2D eigenvalue weighted by Gasteiger charge is -2.17. The van der Waals surface area contributed by atoms with Crippen LogP contribution in [0.1, 0.15) is 49.5 Å². The molecule has 0 amide bonds. The molecule has 5 nitrogen and oxygen atoms in total. The molecule has 2 aliphatic carbocycles. The number of aromatic nitrogens is 2. The van der Waals surface area contributed by atoms with Crippen molar-refractivity contribution in [1.82, 2.24) is 10.2 Å². The maximum Gasteiger partial charge on any atom is 0.318 e. The minimum atomic E-state index is 0.517. The van der Waals surface area contributed by atoms with Gasteiger partial charge in [-0.15, -0.1) is 5.10 Å². The summed E-state index contributed by atoms with van der Waals surface area (Å²) in [7, 11) is 0. The predicted octanol–water partition coefficient (Wildman–Crippen LogP) is 3.26. The minimum absolute atomic E-state index is 0.517. The predicted molar refractivity (Wildman–Crippen MR) is 73.5 cm³/mol. The molecule has 0 bridgehead atoms. The zero-order valence-electron chi connectivity index (χ0n) is 11.9. The van der Waals surface area contributed by atoms with Crippen LogP contribution in [0.5, 0.6) is 0 Å². The van der Waals surface area contributed by atoms with Crippen molar-refractivity contribution in [2.45, 2.75) is 51.6 Å². The zero-order chi connectivity index (χ0) is 13.7. The van der Waals surface area contributed by atoms with Gasteiger partial charge in [-0.2, -0.15) is 0 Å². The lowest BCUT2D eigenvalue weighted by atomic mass is 10.3. The van der Waals surface area contributed by atoms with Crippen LogP contribution in [0.15, 0.2) is 21.0 Å². The maximum atomic E-state index is 5.98. The Morgan fingerprint density at radius 2 is 2.05 bits per heavy atom.